The minimum Gasteiger partial charge on any atom is -0.457 e. The number of hydrogen-bond acceptors (Lipinski definition) is 7. The number of aliphatic hydroxyl groups excluding tert-OH is 1. The van der Waals surface area contributed by atoms with E-state index in [2.05, 4.69) is 17.1 Å². The highest BCUT2D eigenvalue weighted by molar-refractivity contribution is 8.24. The second-order valence-corrected chi connectivity index (χ2v) is 14.7. The Kier molecular flexibility index (Phi) is 9.71. The topological polar surface area (TPSA) is 123 Å². The molecule has 3 aliphatic heterocycles. The van der Waals surface area contributed by atoms with E-state index in [1.54, 1.807) is 17.0 Å². The van der Waals surface area contributed by atoms with Crippen molar-refractivity contribution in [3.63, 3.8) is 0 Å². The third-order valence-electron chi connectivity index (χ3n) is 9.01. The zero-order valence-electron chi connectivity index (χ0n) is 24.1. The van der Waals surface area contributed by atoms with Crippen molar-refractivity contribution in [3.8, 4) is 11.5 Å². The molecule has 230 valence electrons. The lowest BCUT2D eigenvalue weighted by atomic mass is 9.79. The number of piperidine rings is 1. The smallest absolute Gasteiger partial charge is 0.248 e. The van der Waals surface area contributed by atoms with Crippen molar-refractivity contribution in [1.29, 1.82) is 0 Å². The van der Waals surface area contributed by atoms with E-state index in [-0.39, 0.29) is 29.2 Å². The molecule has 3 fully saturated rings. The number of unbranched alkanes of at least 4 members (excludes halogenated alkanes) is 1. The van der Waals surface area contributed by atoms with Gasteiger partial charge in [0.1, 0.15) is 23.1 Å². The number of carbonyl (C=O) groups is 2. The molecule has 2 atom stereocenters. The van der Waals surface area contributed by atoms with E-state index in [0.29, 0.717) is 56.1 Å². The zero-order chi connectivity index (χ0) is 29.9. The summed E-state index contributed by atoms with van der Waals surface area (Å²) in [5, 5.41) is 14.7. The van der Waals surface area contributed by atoms with Crippen molar-refractivity contribution in [3.05, 3.63) is 59.1 Å². The van der Waals surface area contributed by atoms with Crippen LogP contribution >= 0.6 is 22.2 Å². The molecule has 2 aromatic rings. The second kappa shape index (κ2) is 13.1. The summed E-state index contributed by atoms with van der Waals surface area (Å²) in [5.74, 6) is 1.23. The van der Waals surface area contributed by atoms with E-state index in [1.807, 2.05) is 36.4 Å². The van der Waals surface area contributed by atoms with E-state index in [0.717, 1.165) is 30.7 Å². The number of hydrogen-bond donors (Lipinski definition) is 4. The predicted octanol–water partition coefficient (Wildman–Crippen LogP) is 5.12. The van der Waals surface area contributed by atoms with E-state index < -0.39 is 28.3 Å². The number of carbonyl (C=O) groups excluding carboxylic acids is 2. The van der Waals surface area contributed by atoms with E-state index in [9.17, 15) is 23.8 Å². The standard InChI is InChI=1S/C31H42ClN3O6S/c1-2-3-16-35-29(37)27(28(36)23-12-19-42(39,40)20-13-23)33-30(38)31(35)14-17-34(18-15-31)21-22-4-8-25(9-5-22)41-26-10-6-24(32)7-11-26/h4-11,23,27-28,36,39-40H,2-3,12-21H2,1H3,(H,33,38)/t27-,28-/m1/s1. The molecule has 0 saturated carbocycles. The minimum absolute atomic E-state index is 0.189. The van der Waals surface area contributed by atoms with Crippen LogP contribution in [0.4, 0.5) is 0 Å². The summed E-state index contributed by atoms with van der Waals surface area (Å²) in [6.07, 6.45) is 2.52. The Labute approximate surface area is 254 Å². The van der Waals surface area contributed by atoms with Crippen LogP contribution in [0.3, 0.4) is 0 Å². The van der Waals surface area contributed by atoms with Crippen LogP contribution in [-0.2, 0) is 16.1 Å². The summed E-state index contributed by atoms with van der Waals surface area (Å²) in [4.78, 5) is 31.6. The first-order valence-corrected chi connectivity index (χ1v) is 17.2. The first kappa shape index (κ1) is 31.1. The maximum atomic E-state index is 13.8. The average Bonchev–Trinajstić information content (AvgIpc) is 2.98. The van der Waals surface area contributed by atoms with Gasteiger partial charge in [-0.15, -0.1) is 0 Å². The molecule has 0 unspecified atom stereocenters. The van der Waals surface area contributed by atoms with Crippen LogP contribution in [0, 0.1) is 5.92 Å². The largest absolute Gasteiger partial charge is 0.457 e. The Morgan fingerprint density at radius 2 is 1.62 bits per heavy atom. The van der Waals surface area contributed by atoms with Crippen molar-refractivity contribution >= 4 is 34.0 Å². The number of aliphatic hydroxyl groups is 1. The highest BCUT2D eigenvalue weighted by Crippen LogP contribution is 2.47. The van der Waals surface area contributed by atoms with E-state index in [4.69, 9.17) is 16.3 Å². The summed E-state index contributed by atoms with van der Waals surface area (Å²) < 4.78 is 25.8. The van der Waals surface area contributed by atoms with Crippen molar-refractivity contribution < 1.29 is 28.5 Å². The molecule has 2 aromatic carbocycles. The first-order valence-electron chi connectivity index (χ1n) is 14.9. The lowest BCUT2D eigenvalue weighted by Crippen LogP contribution is -2.75. The monoisotopic (exact) mass is 619 g/mol. The normalized spacial score (nSPS) is 24.3. The minimum atomic E-state index is -2.60. The number of halogens is 1. The van der Waals surface area contributed by atoms with Crippen LogP contribution in [-0.4, -0.2) is 84.7 Å². The number of amides is 2. The molecule has 9 nitrogen and oxygen atoms in total. The van der Waals surface area contributed by atoms with Crippen molar-refractivity contribution in [2.24, 2.45) is 5.92 Å². The van der Waals surface area contributed by atoms with Gasteiger partial charge in [0.2, 0.25) is 11.8 Å². The molecule has 11 heteroatoms. The summed E-state index contributed by atoms with van der Waals surface area (Å²) >= 11 is 5.95. The van der Waals surface area contributed by atoms with Crippen LogP contribution in [0.5, 0.6) is 11.5 Å². The Morgan fingerprint density at radius 3 is 2.21 bits per heavy atom. The van der Waals surface area contributed by atoms with Crippen LogP contribution in [0.1, 0.15) is 51.0 Å². The first-order chi connectivity index (χ1) is 20.1. The number of nitrogens with zero attached hydrogens (tertiary/aromatic N) is 2. The van der Waals surface area contributed by atoms with Gasteiger partial charge in [0.05, 0.1) is 6.10 Å². The Bertz CT molecular complexity index is 1230. The van der Waals surface area contributed by atoms with Gasteiger partial charge in [-0.05, 0) is 80.0 Å². The summed E-state index contributed by atoms with van der Waals surface area (Å²) in [7, 11) is -2.60. The van der Waals surface area contributed by atoms with Gasteiger partial charge in [-0.2, -0.15) is 10.6 Å². The average molecular weight is 620 g/mol. The number of ether oxygens (including phenoxy) is 1. The van der Waals surface area contributed by atoms with Gasteiger partial charge in [0.15, 0.2) is 0 Å². The Morgan fingerprint density at radius 1 is 1.02 bits per heavy atom. The van der Waals surface area contributed by atoms with E-state index >= 15 is 0 Å². The maximum Gasteiger partial charge on any atom is 0.248 e. The van der Waals surface area contributed by atoms with Crippen LogP contribution in [0.2, 0.25) is 5.02 Å². The number of nitrogens with one attached hydrogen (secondary N) is 1. The summed E-state index contributed by atoms with van der Waals surface area (Å²) in [5.41, 5.74) is 0.214. The summed E-state index contributed by atoms with van der Waals surface area (Å²) in [6, 6.07) is 14.2. The fraction of sp³-hybridized carbons (Fsp3) is 0.548. The molecule has 3 saturated heterocycles. The number of rotatable bonds is 9. The zero-order valence-corrected chi connectivity index (χ0v) is 25.7. The molecule has 3 heterocycles. The number of piperazine rings is 1. The lowest BCUT2D eigenvalue weighted by Gasteiger charge is -2.53. The Hall–Kier alpha value is -2.34. The van der Waals surface area contributed by atoms with Crippen LogP contribution < -0.4 is 10.1 Å². The van der Waals surface area contributed by atoms with Gasteiger partial charge in [-0.3, -0.25) is 23.6 Å². The molecule has 42 heavy (non-hydrogen) atoms. The predicted molar refractivity (Wildman–Crippen MR) is 165 cm³/mol. The molecule has 5 rings (SSSR count). The molecule has 0 radical (unpaired) electrons. The van der Waals surface area contributed by atoms with Crippen molar-refractivity contribution in [2.45, 2.75) is 69.7 Å². The highest BCUT2D eigenvalue weighted by Gasteiger charge is 2.55. The number of benzene rings is 2. The van der Waals surface area contributed by atoms with Gasteiger partial charge in [-0.25, -0.2) is 0 Å². The second-order valence-electron chi connectivity index (χ2n) is 11.8. The number of likely N-dealkylation sites (tertiary alicyclic amines) is 1. The fourth-order valence-corrected chi connectivity index (χ4v) is 8.08. The molecule has 1 spiro atoms. The quantitative estimate of drug-likeness (QED) is 0.307. The third kappa shape index (κ3) is 6.90. The molecular weight excluding hydrogens is 578 g/mol. The summed E-state index contributed by atoms with van der Waals surface area (Å²) in [6.45, 7) is 4.60. The van der Waals surface area contributed by atoms with Crippen molar-refractivity contribution in [2.75, 3.05) is 31.1 Å². The van der Waals surface area contributed by atoms with E-state index in [1.165, 1.54) is 0 Å². The van der Waals surface area contributed by atoms with Crippen molar-refractivity contribution in [1.82, 2.24) is 15.1 Å². The molecule has 0 aliphatic carbocycles. The van der Waals surface area contributed by atoms with Gasteiger partial charge < -0.3 is 20.1 Å². The third-order valence-corrected chi connectivity index (χ3v) is 11.0. The van der Waals surface area contributed by atoms with Crippen LogP contribution in [0.15, 0.2) is 48.5 Å². The van der Waals surface area contributed by atoms with Gasteiger partial charge in [0, 0.05) is 42.7 Å². The van der Waals surface area contributed by atoms with Gasteiger partial charge in [-0.1, -0.05) is 37.1 Å². The van der Waals surface area contributed by atoms with Crippen LogP contribution in [0.25, 0.3) is 0 Å². The SMILES string of the molecule is CCCCN1C(=O)[C@@H]([C@H](O)C2CCS(O)(O)CC2)NC(=O)C12CCN(Cc1ccc(Oc3ccc(Cl)cc3)cc1)CC2. The maximum absolute atomic E-state index is 13.8. The highest BCUT2D eigenvalue weighted by atomic mass is 35.5. The Balaban J connectivity index is 1.21. The molecule has 4 N–H and O–H groups in total. The molecule has 0 aromatic heterocycles. The molecular formula is C31H42ClN3O6S. The van der Waals surface area contributed by atoms with Gasteiger partial charge in [0.25, 0.3) is 0 Å². The fourth-order valence-electron chi connectivity index (χ4n) is 6.39. The lowest BCUT2D eigenvalue weighted by molar-refractivity contribution is -0.165. The van der Waals surface area contributed by atoms with Gasteiger partial charge >= 0.3 is 0 Å². The molecule has 0 bridgehead atoms. The molecule has 3 aliphatic rings. The molecule has 2 amide bonds.